The molecule has 0 saturated carbocycles. The van der Waals surface area contributed by atoms with Gasteiger partial charge in [0.15, 0.2) is 4.88 Å². The molecular formula is C12H11NO3S. The first-order chi connectivity index (χ1) is 8.27. The van der Waals surface area contributed by atoms with E-state index in [1.807, 2.05) is 12.1 Å². The van der Waals surface area contributed by atoms with E-state index in [1.165, 1.54) is 11.3 Å². The molecule has 0 spiro atoms. The van der Waals surface area contributed by atoms with Gasteiger partial charge in [0.05, 0.1) is 6.61 Å². The number of pyridine rings is 1. The number of carboxylic acids is 1. The fourth-order valence-electron chi connectivity index (χ4n) is 1.40. The van der Waals surface area contributed by atoms with E-state index in [4.69, 9.17) is 9.84 Å². The van der Waals surface area contributed by atoms with Crippen LogP contribution in [0.5, 0.6) is 5.75 Å². The molecule has 2 rings (SSSR count). The Balaban J connectivity index is 1.90. The van der Waals surface area contributed by atoms with Gasteiger partial charge in [0.1, 0.15) is 5.75 Å². The molecule has 2 aromatic heterocycles. The van der Waals surface area contributed by atoms with E-state index in [0.29, 0.717) is 12.4 Å². The van der Waals surface area contributed by atoms with Crippen molar-refractivity contribution in [2.45, 2.75) is 6.42 Å². The number of aromatic carboxylic acids is 1. The third-order valence-corrected chi connectivity index (χ3v) is 3.10. The van der Waals surface area contributed by atoms with E-state index in [9.17, 15) is 4.79 Å². The molecule has 0 fully saturated rings. The highest BCUT2D eigenvalue weighted by molar-refractivity contribution is 7.12. The molecule has 0 atom stereocenters. The predicted octanol–water partition coefficient (Wildman–Crippen LogP) is 2.46. The van der Waals surface area contributed by atoms with E-state index in [1.54, 1.807) is 23.8 Å². The number of rotatable bonds is 5. The summed E-state index contributed by atoms with van der Waals surface area (Å²) in [5.41, 5.74) is 1.12. The van der Waals surface area contributed by atoms with Gasteiger partial charge in [-0.25, -0.2) is 4.79 Å². The van der Waals surface area contributed by atoms with Gasteiger partial charge in [-0.15, -0.1) is 11.3 Å². The van der Waals surface area contributed by atoms with E-state index in [0.717, 1.165) is 12.0 Å². The smallest absolute Gasteiger partial charge is 0.349 e. The zero-order chi connectivity index (χ0) is 12.1. The van der Waals surface area contributed by atoms with Crippen molar-refractivity contribution in [1.29, 1.82) is 0 Å². The maximum Gasteiger partial charge on any atom is 0.349 e. The molecule has 1 N–H and O–H groups in total. The Labute approximate surface area is 103 Å². The lowest BCUT2D eigenvalue weighted by molar-refractivity contribution is 0.0698. The van der Waals surface area contributed by atoms with Crippen LogP contribution in [0.2, 0.25) is 0 Å². The van der Waals surface area contributed by atoms with Gasteiger partial charge in [0.25, 0.3) is 0 Å². The van der Waals surface area contributed by atoms with Crippen LogP contribution in [0, 0.1) is 0 Å². The molecule has 0 radical (unpaired) electrons. The lowest BCUT2D eigenvalue weighted by Gasteiger charge is -2.05. The first kappa shape index (κ1) is 11.6. The van der Waals surface area contributed by atoms with Crippen molar-refractivity contribution < 1.29 is 14.6 Å². The van der Waals surface area contributed by atoms with Crippen LogP contribution >= 0.6 is 11.3 Å². The normalized spacial score (nSPS) is 10.1. The van der Waals surface area contributed by atoms with Crippen molar-refractivity contribution in [2.24, 2.45) is 0 Å². The number of carboxylic acid groups (broad SMARTS) is 1. The maximum absolute atomic E-state index is 10.8. The van der Waals surface area contributed by atoms with Gasteiger partial charge in [0, 0.05) is 18.8 Å². The second kappa shape index (κ2) is 5.45. The average molecular weight is 249 g/mol. The monoisotopic (exact) mass is 249 g/mol. The summed E-state index contributed by atoms with van der Waals surface area (Å²) in [5, 5.41) is 10.6. The number of hydrogen-bond acceptors (Lipinski definition) is 4. The number of hydrogen-bond donors (Lipinski definition) is 1. The van der Waals surface area contributed by atoms with Gasteiger partial charge < -0.3 is 9.84 Å². The Morgan fingerprint density at radius 2 is 2.12 bits per heavy atom. The third-order valence-electron chi connectivity index (χ3n) is 2.22. The molecule has 0 amide bonds. The number of ether oxygens (including phenoxy) is 1. The lowest BCUT2D eigenvalue weighted by Crippen LogP contribution is -2.04. The van der Waals surface area contributed by atoms with Crippen molar-refractivity contribution in [2.75, 3.05) is 6.61 Å². The molecule has 0 aliphatic carbocycles. The largest absolute Gasteiger partial charge is 0.491 e. The molecule has 0 unspecified atom stereocenters. The highest BCUT2D eigenvalue weighted by Crippen LogP contribution is 2.24. The van der Waals surface area contributed by atoms with Gasteiger partial charge in [-0.3, -0.25) is 4.98 Å². The Bertz CT molecular complexity index is 495. The second-order valence-corrected chi connectivity index (χ2v) is 4.29. The van der Waals surface area contributed by atoms with Gasteiger partial charge in [-0.1, -0.05) is 0 Å². The molecule has 2 heterocycles. The summed E-state index contributed by atoms with van der Waals surface area (Å²) in [6.45, 7) is 0.459. The highest BCUT2D eigenvalue weighted by atomic mass is 32.1. The van der Waals surface area contributed by atoms with Gasteiger partial charge in [0.2, 0.25) is 0 Å². The van der Waals surface area contributed by atoms with Crippen LogP contribution in [0.4, 0.5) is 0 Å². The van der Waals surface area contributed by atoms with Gasteiger partial charge >= 0.3 is 5.97 Å². The second-order valence-electron chi connectivity index (χ2n) is 3.37. The number of carbonyl (C=O) groups is 1. The van der Waals surface area contributed by atoms with Crippen LogP contribution in [-0.2, 0) is 6.42 Å². The topological polar surface area (TPSA) is 59.4 Å². The molecule has 2 aromatic rings. The molecule has 88 valence electrons. The molecule has 0 aromatic carbocycles. The minimum absolute atomic E-state index is 0.250. The molecule has 5 heteroatoms. The van der Waals surface area contributed by atoms with Crippen LogP contribution in [0.3, 0.4) is 0 Å². The Morgan fingerprint density at radius 3 is 2.82 bits per heavy atom. The highest BCUT2D eigenvalue weighted by Gasteiger charge is 2.12. The van der Waals surface area contributed by atoms with E-state index >= 15 is 0 Å². The summed E-state index contributed by atoms with van der Waals surface area (Å²) < 4.78 is 5.45. The predicted molar refractivity (Wildman–Crippen MR) is 64.7 cm³/mol. The van der Waals surface area contributed by atoms with E-state index < -0.39 is 5.97 Å². The van der Waals surface area contributed by atoms with Gasteiger partial charge in [-0.2, -0.15) is 0 Å². The third kappa shape index (κ3) is 3.04. The molecule has 0 aliphatic heterocycles. The van der Waals surface area contributed by atoms with Crippen molar-refractivity contribution in [3.63, 3.8) is 0 Å². The summed E-state index contributed by atoms with van der Waals surface area (Å²) >= 11 is 1.17. The maximum atomic E-state index is 10.8. The SMILES string of the molecule is O=C(O)c1sccc1OCCc1ccncc1. The van der Waals surface area contributed by atoms with Crippen LogP contribution in [0.15, 0.2) is 36.0 Å². The lowest BCUT2D eigenvalue weighted by atomic mass is 10.2. The summed E-state index contributed by atoms with van der Waals surface area (Å²) in [6, 6.07) is 5.50. The first-order valence-corrected chi connectivity index (χ1v) is 5.98. The zero-order valence-corrected chi connectivity index (χ0v) is 9.81. The zero-order valence-electron chi connectivity index (χ0n) is 9.00. The average Bonchev–Trinajstić information content (AvgIpc) is 2.79. The van der Waals surface area contributed by atoms with Crippen molar-refractivity contribution in [3.05, 3.63) is 46.4 Å². The van der Waals surface area contributed by atoms with Gasteiger partial charge in [-0.05, 0) is 29.1 Å². The molecule has 0 saturated heterocycles. The van der Waals surface area contributed by atoms with Crippen molar-refractivity contribution in [1.82, 2.24) is 4.98 Å². The molecule has 4 nitrogen and oxygen atoms in total. The standard InChI is InChI=1S/C12H11NO3S/c14-12(15)11-10(4-8-17-11)16-7-3-9-1-5-13-6-2-9/h1-2,4-6,8H,3,7H2,(H,14,15). The minimum atomic E-state index is -0.945. The summed E-state index contributed by atoms with van der Waals surface area (Å²) in [6.07, 6.45) is 4.18. The van der Waals surface area contributed by atoms with Crippen LogP contribution < -0.4 is 4.74 Å². The summed E-state index contributed by atoms with van der Waals surface area (Å²) in [5.74, 6) is -0.504. The Kier molecular flexibility index (Phi) is 3.72. The van der Waals surface area contributed by atoms with Crippen molar-refractivity contribution >= 4 is 17.3 Å². The van der Waals surface area contributed by atoms with Crippen LogP contribution in [-0.4, -0.2) is 22.7 Å². The Morgan fingerprint density at radius 1 is 1.35 bits per heavy atom. The van der Waals surface area contributed by atoms with E-state index in [2.05, 4.69) is 4.98 Å². The summed E-state index contributed by atoms with van der Waals surface area (Å²) in [7, 11) is 0. The molecular weight excluding hydrogens is 238 g/mol. The number of nitrogens with zero attached hydrogens (tertiary/aromatic N) is 1. The number of aromatic nitrogens is 1. The molecule has 17 heavy (non-hydrogen) atoms. The Hall–Kier alpha value is -1.88. The van der Waals surface area contributed by atoms with Crippen LogP contribution in [0.1, 0.15) is 15.2 Å². The molecule has 0 aliphatic rings. The fraction of sp³-hybridized carbons (Fsp3) is 0.167. The first-order valence-electron chi connectivity index (χ1n) is 5.10. The molecule has 0 bridgehead atoms. The summed E-state index contributed by atoms with van der Waals surface area (Å²) in [4.78, 5) is 15.0. The quantitative estimate of drug-likeness (QED) is 0.884. The minimum Gasteiger partial charge on any atom is -0.491 e. The fourth-order valence-corrected chi connectivity index (χ4v) is 2.07. The van der Waals surface area contributed by atoms with E-state index in [-0.39, 0.29) is 4.88 Å². The van der Waals surface area contributed by atoms with Crippen molar-refractivity contribution in [3.8, 4) is 5.75 Å². The number of thiophene rings is 1. The van der Waals surface area contributed by atoms with Crippen LogP contribution in [0.25, 0.3) is 0 Å².